The van der Waals surface area contributed by atoms with Crippen LogP contribution in [0.25, 0.3) is 11.1 Å². The summed E-state index contributed by atoms with van der Waals surface area (Å²) in [7, 11) is -5.84. The molecule has 0 atom stereocenters. The molecule has 2 rings (SSSR count). The molecule has 1 N–H and O–H groups in total. The molecule has 0 aliphatic rings. The van der Waals surface area contributed by atoms with Gasteiger partial charge in [0.1, 0.15) is 0 Å². The number of hydrogen-bond acceptors (Lipinski definition) is 3. The van der Waals surface area contributed by atoms with Gasteiger partial charge in [0.05, 0.1) is 11.6 Å². The van der Waals surface area contributed by atoms with Gasteiger partial charge in [-0.2, -0.15) is 26.9 Å². The number of hydrogen-bond donors (Lipinski definition) is 1. The Bertz CT molecular complexity index is 749. The number of benzene rings is 2. The first-order chi connectivity index (χ1) is 10.1. The Labute approximate surface area is 125 Å². The summed E-state index contributed by atoms with van der Waals surface area (Å²) in [5.41, 5.74) is -2.52. The summed E-state index contributed by atoms with van der Waals surface area (Å²) < 4.78 is 57.5. The number of alkyl halides is 3. The van der Waals surface area contributed by atoms with Crippen LogP contribution in [0.2, 0.25) is 0 Å². The average molecular weight is 329 g/mol. The maximum absolute atomic E-state index is 10.7. The maximum atomic E-state index is 10.7. The van der Waals surface area contributed by atoms with Crippen molar-refractivity contribution in [1.82, 2.24) is 0 Å². The first kappa shape index (κ1) is 17.7. The molecule has 0 saturated carbocycles. The fourth-order valence-electron chi connectivity index (χ4n) is 1.37. The molecule has 0 saturated heterocycles. The Balaban J connectivity index is 0.000000261. The van der Waals surface area contributed by atoms with E-state index in [1.165, 1.54) is 5.56 Å². The van der Waals surface area contributed by atoms with Crippen LogP contribution in [0.5, 0.6) is 0 Å². The molecular weight excluding hydrogens is 319 g/mol. The van der Waals surface area contributed by atoms with Crippen molar-refractivity contribution in [2.24, 2.45) is 0 Å². The predicted octanol–water partition coefficient (Wildman–Crippen LogP) is 3.62. The molecule has 2 aromatic rings. The lowest BCUT2D eigenvalue weighted by atomic mass is 10.0. The standard InChI is InChI=1S/C13H9N.CHF3O3S/c14-10-11-6-8-13(9-7-11)12-4-2-1-3-5-12;2-1(3,4)8(5,6)7/h1-9H;(H,5,6,7). The van der Waals surface area contributed by atoms with Crippen LogP contribution in [-0.4, -0.2) is 18.5 Å². The largest absolute Gasteiger partial charge is 0.522 e. The van der Waals surface area contributed by atoms with Crippen molar-refractivity contribution in [1.29, 1.82) is 5.26 Å². The predicted molar refractivity (Wildman–Crippen MR) is 74.2 cm³/mol. The van der Waals surface area contributed by atoms with Crippen molar-refractivity contribution in [3.05, 3.63) is 60.2 Å². The second-order valence-electron chi connectivity index (χ2n) is 3.98. The molecule has 0 unspecified atom stereocenters. The molecule has 0 amide bonds. The number of nitrogens with zero attached hydrogens (tertiary/aromatic N) is 1. The quantitative estimate of drug-likeness (QED) is 0.640. The Morgan fingerprint density at radius 2 is 1.32 bits per heavy atom. The number of rotatable bonds is 1. The van der Waals surface area contributed by atoms with Crippen LogP contribution in [0, 0.1) is 11.3 Å². The van der Waals surface area contributed by atoms with Gasteiger partial charge in [0.15, 0.2) is 0 Å². The topological polar surface area (TPSA) is 78.2 Å². The van der Waals surface area contributed by atoms with Gasteiger partial charge < -0.3 is 0 Å². The normalized spacial score (nSPS) is 11.0. The van der Waals surface area contributed by atoms with Gasteiger partial charge in [0.2, 0.25) is 0 Å². The van der Waals surface area contributed by atoms with E-state index in [0.717, 1.165) is 5.56 Å². The van der Waals surface area contributed by atoms with E-state index in [4.69, 9.17) is 18.2 Å². The third kappa shape index (κ3) is 5.20. The summed E-state index contributed by atoms with van der Waals surface area (Å²) in [6.07, 6.45) is 0. The zero-order valence-corrected chi connectivity index (χ0v) is 11.8. The molecule has 0 spiro atoms. The van der Waals surface area contributed by atoms with E-state index in [-0.39, 0.29) is 0 Å². The van der Waals surface area contributed by atoms with Gasteiger partial charge in [-0.3, -0.25) is 4.55 Å². The van der Waals surface area contributed by atoms with Gasteiger partial charge in [-0.25, -0.2) is 0 Å². The smallest absolute Gasteiger partial charge is 0.279 e. The van der Waals surface area contributed by atoms with Gasteiger partial charge in [0.25, 0.3) is 0 Å². The molecule has 116 valence electrons. The van der Waals surface area contributed by atoms with E-state index in [1.807, 2.05) is 42.5 Å². The van der Waals surface area contributed by atoms with Gasteiger partial charge in [0, 0.05) is 0 Å². The van der Waals surface area contributed by atoms with E-state index in [9.17, 15) is 13.2 Å². The van der Waals surface area contributed by atoms with Gasteiger partial charge >= 0.3 is 15.6 Å². The van der Waals surface area contributed by atoms with Crippen molar-refractivity contribution in [2.45, 2.75) is 5.51 Å². The molecule has 0 bridgehead atoms. The van der Waals surface area contributed by atoms with Gasteiger partial charge in [-0.05, 0) is 23.3 Å². The first-order valence-corrected chi connectivity index (χ1v) is 7.18. The molecule has 0 heterocycles. The summed E-state index contributed by atoms with van der Waals surface area (Å²) >= 11 is 0. The molecule has 0 radical (unpaired) electrons. The molecule has 0 aromatic heterocycles. The average Bonchev–Trinajstić information content (AvgIpc) is 2.47. The van der Waals surface area contributed by atoms with E-state index in [2.05, 4.69) is 18.2 Å². The lowest BCUT2D eigenvalue weighted by Gasteiger charge is -1.99. The van der Waals surface area contributed by atoms with Crippen molar-refractivity contribution in [3.63, 3.8) is 0 Å². The minimum atomic E-state index is -5.84. The monoisotopic (exact) mass is 329 g/mol. The van der Waals surface area contributed by atoms with Crippen LogP contribution in [-0.2, 0) is 10.1 Å². The molecule has 0 aliphatic heterocycles. The highest BCUT2D eigenvalue weighted by Crippen LogP contribution is 2.20. The van der Waals surface area contributed by atoms with Crippen LogP contribution in [0.3, 0.4) is 0 Å². The minimum absolute atomic E-state index is 0.699. The molecular formula is C14H10F3NO3S. The third-order valence-electron chi connectivity index (χ3n) is 2.41. The van der Waals surface area contributed by atoms with Gasteiger partial charge in [-0.1, -0.05) is 42.5 Å². The summed E-state index contributed by atoms with van der Waals surface area (Å²) in [4.78, 5) is 0. The molecule has 0 aliphatic carbocycles. The zero-order chi connectivity index (χ0) is 16.8. The van der Waals surface area contributed by atoms with Crippen molar-refractivity contribution in [2.75, 3.05) is 0 Å². The summed E-state index contributed by atoms with van der Waals surface area (Å²) in [6.45, 7) is 0. The third-order valence-corrected chi connectivity index (χ3v) is 3.00. The molecule has 4 nitrogen and oxygen atoms in total. The van der Waals surface area contributed by atoms with Crippen LogP contribution in [0.4, 0.5) is 13.2 Å². The van der Waals surface area contributed by atoms with E-state index in [1.54, 1.807) is 0 Å². The highest BCUT2D eigenvalue weighted by molar-refractivity contribution is 7.86. The zero-order valence-electron chi connectivity index (χ0n) is 10.9. The molecule has 22 heavy (non-hydrogen) atoms. The fourth-order valence-corrected chi connectivity index (χ4v) is 1.37. The van der Waals surface area contributed by atoms with Crippen LogP contribution >= 0.6 is 0 Å². The van der Waals surface area contributed by atoms with Crippen molar-refractivity contribution < 1.29 is 26.1 Å². The maximum Gasteiger partial charge on any atom is 0.522 e. The summed E-state index contributed by atoms with van der Waals surface area (Å²) in [5, 5.41) is 8.65. The highest BCUT2D eigenvalue weighted by atomic mass is 32.2. The first-order valence-electron chi connectivity index (χ1n) is 5.74. The Morgan fingerprint density at radius 3 is 1.68 bits per heavy atom. The van der Waals surface area contributed by atoms with E-state index < -0.39 is 15.6 Å². The highest BCUT2D eigenvalue weighted by Gasteiger charge is 2.44. The lowest BCUT2D eigenvalue weighted by Crippen LogP contribution is -2.21. The van der Waals surface area contributed by atoms with Crippen LogP contribution < -0.4 is 0 Å². The summed E-state index contributed by atoms with van der Waals surface area (Å²) in [6, 6.07) is 19.8. The molecule has 2 aromatic carbocycles. The second-order valence-corrected chi connectivity index (χ2v) is 5.39. The Morgan fingerprint density at radius 1 is 0.909 bits per heavy atom. The second kappa shape index (κ2) is 7.06. The van der Waals surface area contributed by atoms with Crippen molar-refractivity contribution in [3.8, 4) is 17.2 Å². The van der Waals surface area contributed by atoms with E-state index in [0.29, 0.717) is 5.56 Å². The van der Waals surface area contributed by atoms with Crippen LogP contribution in [0.1, 0.15) is 5.56 Å². The van der Waals surface area contributed by atoms with Gasteiger partial charge in [-0.15, -0.1) is 0 Å². The Hall–Kier alpha value is -2.37. The SMILES string of the molecule is N#Cc1ccc(-c2ccccc2)cc1.O=S(=O)(O)C(F)(F)F. The molecule has 8 heteroatoms. The van der Waals surface area contributed by atoms with Crippen LogP contribution in [0.15, 0.2) is 54.6 Å². The fraction of sp³-hybridized carbons (Fsp3) is 0.0714. The minimum Gasteiger partial charge on any atom is -0.279 e. The number of halogens is 3. The van der Waals surface area contributed by atoms with E-state index >= 15 is 0 Å². The van der Waals surface area contributed by atoms with Crippen molar-refractivity contribution >= 4 is 10.1 Å². The number of nitriles is 1. The lowest BCUT2D eigenvalue weighted by molar-refractivity contribution is -0.0510. The Kier molecular flexibility index (Phi) is 5.68. The summed E-state index contributed by atoms with van der Waals surface area (Å²) in [5.74, 6) is 0. The molecule has 0 fully saturated rings.